The third-order valence-electron chi connectivity index (χ3n) is 4.07. The van der Waals surface area contributed by atoms with Crippen LogP contribution in [-0.4, -0.2) is 33.5 Å². The van der Waals surface area contributed by atoms with Gasteiger partial charge >= 0.3 is 0 Å². The summed E-state index contributed by atoms with van der Waals surface area (Å²) >= 11 is 0. The molecule has 1 heterocycles. The number of nitro benzene ring substituents is 1. The molecule has 0 bridgehead atoms. The molecule has 0 fully saturated rings. The van der Waals surface area contributed by atoms with Crippen molar-refractivity contribution in [1.29, 1.82) is 0 Å². The number of rotatable bonds is 7. The number of hydrogen-bond donors (Lipinski definition) is 1. The fourth-order valence-electron chi connectivity index (χ4n) is 2.88. The molecule has 144 valence electrons. The lowest BCUT2D eigenvalue weighted by molar-refractivity contribution is -0.384. The number of hydrogen-bond acceptors (Lipinski definition) is 5. The van der Waals surface area contributed by atoms with Gasteiger partial charge < -0.3 is 14.6 Å². The van der Waals surface area contributed by atoms with Gasteiger partial charge in [-0.2, -0.15) is 0 Å². The van der Waals surface area contributed by atoms with Gasteiger partial charge in [-0.25, -0.2) is 4.98 Å². The topological polar surface area (TPSA) is 99.3 Å². The Balaban J connectivity index is 1.62. The number of carbonyl (C=O) groups excluding carboxylic acids is 1. The number of nitro groups is 1. The van der Waals surface area contributed by atoms with Gasteiger partial charge in [-0.15, -0.1) is 0 Å². The predicted octanol–water partition coefficient (Wildman–Crippen LogP) is 3.21. The van der Waals surface area contributed by atoms with Crippen LogP contribution in [0.5, 0.6) is 5.75 Å². The number of benzene rings is 2. The van der Waals surface area contributed by atoms with Crippen molar-refractivity contribution >= 4 is 11.6 Å². The van der Waals surface area contributed by atoms with E-state index in [0.717, 1.165) is 16.9 Å². The standard InChI is InChI=1S/C20H20N4O4/c1-14-9-15(2)11-17(10-14)28-8-6-22-20(25)16-3-4-18(19(12-16)24(26)27)23-7-5-21-13-23/h3-5,7,9-13H,6,8H2,1-2H3,(H,22,25). The number of imidazole rings is 1. The molecule has 28 heavy (non-hydrogen) atoms. The van der Waals surface area contributed by atoms with E-state index in [9.17, 15) is 14.9 Å². The van der Waals surface area contributed by atoms with Crippen LogP contribution in [0.1, 0.15) is 21.5 Å². The first-order valence-corrected chi connectivity index (χ1v) is 8.70. The minimum absolute atomic E-state index is 0.169. The van der Waals surface area contributed by atoms with Gasteiger partial charge in [-0.05, 0) is 49.2 Å². The molecule has 3 rings (SSSR count). The fraction of sp³-hybridized carbons (Fsp3) is 0.200. The van der Waals surface area contributed by atoms with Gasteiger partial charge in [0.15, 0.2) is 0 Å². The summed E-state index contributed by atoms with van der Waals surface area (Å²) in [7, 11) is 0. The smallest absolute Gasteiger partial charge is 0.294 e. The van der Waals surface area contributed by atoms with Crippen molar-refractivity contribution in [2.75, 3.05) is 13.2 Å². The van der Waals surface area contributed by atoms with E-state index >= 15 is 0 Å². The van der Waals surface area contributed by atoms with E-state index in [4.69, 9.17) is 4.74 Å². The molecule has 0 radical (unpaired) electrons. The van der Waals surface area contributed by atoms with Crippen molar-refractivity contribution in [2.24, 2.45) is 0 Å². The van der Waals surface area contributed by atoms with Crippen LogP contribution in [-0.2, 0) is 0 Å². The van der Waals surface area contributed by atoms with Crippen LogP contribution in [0, 0.1) is 24.0 Å². The molecule has 0 aliphatic heterocycles. The SMILES string of the molecule is Cc1cc(C)cc(OCCNC(=O)c2ccc(-n3ccnc3)c([N+](=O)[O-])c2)c1. The molecule has 2 aromatic carbocycles. The lowest BCUT2D eigenvalue weighted by Crippen LogP contribution is -2.28. The van der Waals surface area contributed by atoms with E-state index in [0.29, 0.717) is 12.3 Å². The molecule has 0 saturated heterocycles. The first kappa shape index (κ1) is 19.1. The van der Waals surface area contributed by atoms with E-state index in [1.807, 2.05) is 26.0 Å². The molecule has 8 nitrogen and oxygen atoms in total. The second kappa shape index (κ2) is 8.34. The molecular weight excluding hydrogens is 360 g/mol. The average molecular weight is 380 g/mol. The van der Waals surface area contributed by atoms with Crippen molar-refractivity contribution in [1.82, 2.24) is 14.9 Å². The van der Waals surface area contributed by atoms with Gasteiger partial charge in [-0.3, -0.25) is 14.9 Å². The lowest BCUT2D eigenvalue weighted by Gasteiger charge is -2.10. The van der Waals surface area contributed by atoms with Crippen LogP contribution < -0.4 is 10.1 Å². The Hall–Kier alpha value is -3.68. The van der Waals surface area contributed by atoms with Gasteiger partial charge in [0, 0.05) is 24.0 Å². The number of nitrogens with one attached hydrogen (secondary N) is 1. The molecule has 0 unspecified atom stereocenters. The first-order chi connectivity index (χ1) is 13.4. The lowest BCUT2D eigenvalue weighted by atomic mass is 10.1. The summed E-state index contributed by atoms with van der Waals surface area (Å²) in [6.07, 6.45) is 4.60. The van der Waals surface area contributed by atoms with Crippen molar-refractivity contribution < 1.29 is 14.5 Å². The van der Waals surface area contributed by atoms with E-state index in [-0.39, 0.29) is 17.8 Å². The largest absolute Gasteiger partial charge is 0.492 e. The Morgan fingerprint density at radius 2 is 1.96 bits per heavy atom. The quantitative estimate of drug-likeness (QED) is 0.385. The summed E-state index contributed by atoms with van der Waals surface area (Å²) in [6.45, 7) is 4.55. The summed E-state index contributed by atoms with van der Waals surface area (Å²) in [5.74, 6) is 0.344. The number of amides is 1. The maximum atomic E-state index is 12.3. The molecule has 1 amide bonds. The summed E-state index contributed by atoms with van der Waals surface area (Å²) in [5, 5.41) is 14.1. The van der Waals surface area contributed by atoms with Crippen LogP contribution in [0.3, 0.4) is 0 Å². The second-order valence-electron chi connectivity index (χ2n) is 6.36. The van der Waals surface area contributed by atoms with Crippen LogP contribution in [0.2, 0.25) is 0 Å². The van der Waals surface area contributed by atoms with Gasteiger partial charge in [0.05, 0.1) is 17.8 Å². The highest BCUT2D eigenvalue weighted by Gasteiger charge is 2.18. The van der Waals surface area contributed by atoms with E-state index in [1.165, 1.54) is 29.2 Å². The van der Waals surface area contributed by atoms with E-state index in [2.05, 4.69) is 16.4 Å². The third-order valence-corrected chi connectivity index (χ3v) is 4.07. The Bertz CT molecular complexity index is 979. The highest BCUT2D eigenvalue weighted by atomic mass is 16.6. The van der Waals surface area contributed by atoms with Gasteiger partial charge in [0.1, 0.15) is 18.0 Å². The zero-order valence-electron chi connectivity index (χ0n) is 15.6. The molecule has 0 aliphatic carbocycles. The number of aromatic nitrogens is 2. The van der Waals surface area contributed by atoms with Crippen LogP contribution in [0.15, 0.2) is 55.1 Å². The molecule has 8 heteroatoms. The van der Waals surface area contributed by atoms with Crippen molar-refractivity contribution in [3.8, 4) is 11.4 Å². The molecule has 0 spiro atoms. The van der Waals surface area contributed by atoms with Gasteiger partial charge in [0.2, 0.25) is 0 Å². The average Bonchev–Trinajstić information content (AvgIpc) is 3.18. The maximum Gasteiger partial charge on any atom is 0.294 e. The van der Waals surface area contributed by atoms with Gasteiger partial charge in [0.25, 0.3) is 11.6 Å². The Morgan fingerprint density at radius 1 is 1.21 bits per heavy atom. The van der Waals surface area contributed by atoms with Crippen molar-refractivity contribution in [3.05, 3.63) is 81.9 Å². The number of ether oxygens (including phenoxy) is 1. The first-order valence-electron chi connectivity index (χ1n) is 8.70. The van der Waals surface area contributed by atoms with Crippen molar-refractivity contribution in [2.45, 2.75) is 13.8 Å². The zero-order valence-corrected chi connectivity index (χ0v) is 15.6. The van der Waals surface area contributed by atoms with E-state index in [1.54, 1.807) is 12.3 Å². The van der Waals surface area contributed by atoms with Crippen LogP contribution >= 0.6 is 0 Å². The Kier molecular flexibility index (Phi) is 5.69. The maximum absolute atomic E-state index is 12.3. The zero-order chi connectivity index (χ0) is 20.1. The Labute approximate surface area is 161 Å². The molecule has 1 N–H and O–H groups in total. The second-order valence-corrected chi connectivity index (χ2v) is 6.36. The molecular formula is C20H20N4O4. The number of aryl methyl sites for hydroxylation is 2. The molecule has 1 aromatic heterocycles. The van der Waals surface area contributed by atoms with Crippen LogP contribution in [0.25, 0.3) is 5.69 Å². The normalized spacial score (nSPS) is 10.5. The highest BCUT2D eigenvalue weighted by Crippen LogP contribution is 2.24. The summed E-state index contributed by atoms with van der Waals surface area (Å²) in [4.78, 5) is 27.1. The highest BCUT2D eigenvalue weighted by molar-refractivity contribution is 5.95. The number of carbonyl (C=O) groups is 1. The summed E-state index contributed by atoms with van der Waals surface area (Å²) in [6, 6.07) is 10.2. The minimum Gasteiger partial charge on any atom is -0.492 e. The Morgan fingerprint density at radius 3 is 2.61 bits per heavy atom. The molecule has 0 aliphatic rings. The van der Waals surface area contributed by atoms with E-state index < -0.39 is 10.8 Å². The van der Waals surface area contributed by atoms with Gasteiger partial charge in [-0.1, -0.05) is 6.07 Å². The predicted molar refractivity (Wildman–Crippen MR) is 104 cm³/mol. The summed E-state index contributed by atoms with van der Waals surface area (Å²) < 4.78 is 7.18. The van der Waals surface area contributed by atoms with Crippen LogP contribution in [0.4, 0.5) is 5.69 Å². The third kappa shape index (κ3) is 4.53. The molecule has 3 aromatic rings. The fourth-order valence-corrected chi connectivity index (χ4v) is 2.88. The monoisotopic (exact) mass is 380 g/mol. The number of nitrogens with zero attached hydrogens (tertiary/aromatic N) is 3. The molecule has 0 atom stereocenters. The van der Waals surface area contributed by atoms with Crippen molar-refractivity contribution in [3.63, 3.8) is 0 Å². The summed E-state index contributed by atoms with van der Waals surface area (Å²) in [5.41, 5.74) is 2.59. The molecule has 0 saturated carbocycles. The minimum atomic E-state index is -0.519.